The lowest BCUT2D eigenvalue weighted by molar-refractivity contribution is -0.116. The average molecular weight is 346 g/mol. The lowest BCUT2D eigenvalue weighted by atomic mass is 10.1. The van der Waals surface area contributed by atoms with Gasteiger partial charge in [0, 0.05) is 28.6 Å². The van der Waals surface area contributed by atoms with Crippen LogP contribution >= 0.6 is 15.9 Å². The van der Waals surface area contributed by atoms with Gasteiger partial charge < -0.3 is 5.32 Å². The number of anilines is 1. The predicted octanol–water partition coefficient (Wildman–Crippen LogP) is 4.36. The molecule has 0 atom stereocenters. The third-order valence-corrected chi connectivity index (χ3v) is 3.63. The minimum atomic E-state index is -0.148. The van der Waals surface area contributed by atoms with E-state index in [1.54, 1.807) is 12.1 Å². The van der Waals surface area contributed by atoms with Crippen molar-refractivity contribution in [3.63, 3.8) is 0 Å². The molecule has 0 heterocycles. The normalized spacial score (nSPS) is 10.2. The molecule has 21 heavy (non-hydrogen) atoms. The summed E-state index contributed by atoms with van der Waals surface area (Å²) in [7, 11) is 0. The SMILES string of the molecule is Cc1cc(Br)ccc1NC(=O)CCC(=O)c1ccccc1. The number of rotatable bonds is 5. The molecule has 0 spiro atoms. The van der Waals surface area contributed by atoms with Crippen molar-refractivity contribution in [2.24, 2.45) is 0 Å². The number of halogens is 1. The van der Waals surface area contributed by atoms with Crippen LogP contribution in [0.3, 0.4) is 0 Å². The summed E-state index contributed by atoms with van der Waals surface area (Å²) in [6.07, 6.45) is 0.397. The number of carbonyl (C=O) groups is 2. The molecular formula is C17H16BrNO2. The van der Waals surface area contributed by atoms with E-state index in [1.165, 1.54) is 0 Å². The van der Waals surface area contributed by atoms with Crippen molar-refractivity contribution in [1.82, 2.24) is 0 Å². The van der Waals surface area contributed by atoms with Crippen molar-refractivity contribution in [3.05, 3.63) is 64.1 Å². The van der Waals surface area contributed by atoms with Crippen molar-refractivity contribution >= 4 is 33.3 Å². The minimum absolute atomic E-state index is 0.0155. The topological polar surface area (TPSA) is 46.2 Å². The van der Waals surface area contributed by atoms with Crippen molar-refractivity contribution in [2.45, 2.75) is 19.8 Å². The van der Waals surface area contributed by atoms with Crippen LogP contribution in [-0.2, 0) is 4.79 Å². The van der Waals surface area contributed by atoms with E-state index in [1.807, 2.05) is 43.3 Å². The highest BCUT2D eigenvalue weighted by atomic mass is 79.9. The second-order valence-electron chi connectivity index (χ2n) is 4.80. The Morgan fingerprint density at radius 3 is 2.43 bits per heavy atom. The average Bonchev–Trinajstić information content (AvgIpc) is 2.48. The first-order chi connectivity index (χ1) is 10.1. The maximum absolute atomic E-state index is 11.9. The van der Waals surface area contributed by atoms with Crippen LogP contribution in [0.1, 0.15) is 28.8 Å². The zero-order chi connectivity index (χ0) is 15.2. The molecule has 0 aliphatic heterocycles. The van der Waals surface area contributed by atoms with Crippen molar-refractivity contribution in [3.8, 4) is 0 Å². The molecule has 2 aromatic rings. The Hall–Kier alpha value is -1.94. The summed E-state index contributed by atoms with van der Waals surface area (Å²) in [5.74, 6) is -0.164. The second-order valence-corrected chi connectivity index (χ2v) is 5.71. The second kappa shape index (κ2) is 7.18. The van der Waals surface area contributed by atoms with Crippen LogP contribution in [-0.4, -0.2) is 11.7 Å². The van der Waals surface area contributed by atoms with Gasteiger partial charge in [0.25, 0.3) is 0 Å². The van der Waals surface area contributed by atoms with Gasteiger partial charge in [-0.1, -0.05) is 46.3 Å². The third kappa shape index (κ3) is 4.53. The van der Waals surface area contributed by atoms with E-state index in [0.29, 0.717) is 5.56 Å². The van der Waals surface area contributed by atoms with E-state index in [4.69, 9.17) is 0 Å². The van der Waals surface area contributed by atoms with Crippen LogP contribution in [0, 0.1) is 6.92 Å². The summed E-state index contributed by atoms with van der Waals surface area (Å²) in [5, 5.41) is 2.83. The molecule has 1 N–H and O–H groups in total. The summed E-state index contributed by atoms with van der Waals surface area (Å²) in [6.45, 7) is 1.93. The number of Topliss-reactive ketones (excluding diaryl/α,β-unsaturated/α-hetero) is 1. The zero-order valence-electron chi connectivity index (χ0n) is 11.7. The number of carbonyl (C=O) groups excluding carboxylic acids is 2. The fourth-order valence-electron chi connectivity index (χ4n) is 1.98. The number of ketones is 1. The fraction of sp³-hybridized carbons (Fsp3) is 0.176. The van der Waals surface area contributed by atoms with Gasteiger partial charge in [-0.25, -0.2) is 0 Å². The molecule has 0 fully saturated rings. The van der Waals surface area contributed by atoms with E-state index in [-0.39, 0.29) is 24.5 Å². The van der Waals surface area contributed by atoms with Gasteiger partial charge in [-0.15, -0.1) is 0 Å². The number of benzene rings is 2. The van der Waals surface area contributed by atoms with E-state index < -0.39 is 0 Å². The molecule has 3 nitrogen and oxygen atoms in total. The van der Waals surface area contributed by atoms with Gasteiger partial charge in [-0.3, -0.25) is 9.59 Å². The molecular weight excluding hydrogens is 330 g/mol. The first-order valence-electron chi connectivity index (χ1n) is 6.70. The molecule has 0 radical (unpaired) electrons. The van der Waals surface area contributed by atoms with E-state index in [2.05, 4.69) is 21.2 Å². The van der Waals surface area contributed by atoms with Gasteiger partial charge in [0.2, 0.25) is 5.91 Å². The van der Waals surface area contributed by atoms with Crippen LogP contribution in [0.5, 0.6) is 0 Å². The maximum atomic E-state index is 11.9. The van der Waals surface area contributed by atoms with Crippen LogP contribution < -0.4 is 5.32 Å². The Labute approximate surface area is 132 Å². The minimum Gasteiger partial charge on any atom is -0.326 e. The van der Waals surface area contributed by atoms with Gasteiger partial charge in [-0.2, -0.15) is 0 Å². The molecule has 0 saturated carbocycles. The largest absolute Gasteiger partial charge is 0.326 e. The lowest BCUT2D eigenvalue weighted by Gasteiger charge is -2.08. The molecule has 0 saturated heterocycles. The zero-order valence-corrected chi connectivity index (χ0v) is 13.3. The Morgan fingerprint density at radius 1 is 1.05 bits per heavy atom. The molecule has 0 aromatic heterocycles. The Balaban J connectivity index is 1.89. The molecule has 2 rings (SSSR count). The molecule has 0 unspecified atom stereocenters. The lowest BCUT2D eigenvalue weighted by Crippen LogP contribution is -2.14. The summed E-state index contributed by atoms with van der Waals surface area (Å²) >= 11 is 3.38. The van der Waals surface area contributed by atoms with Crippen LogP contribution in [0.15, 0.2) is 53.0 Å². The first kappa shape index (κ1) is 15.4. The maximum Gasteiger partial charge on any atom is 0.224 e. The summed E-state index contributed by atoms with van der Waals surface area (Å²) in [4.78, 5) is 23.8. The molecule has 108 valence electrons. The molecule has 1 amide bonds. The Kier molecular flexibility index (Phi) is 5.28. The smallest absolute Gasteiger partial charge is 0.224 e. The van der Waals surface area contributed by atoms with E-state index in [9.17, 15) is 9.59 Å². The number of nitrogens with one attached hydrogen (secondary N) is 1. The van der Waals surface area contributed by atoms with Crippen LogP contribution in [0.25, 0.3) is 0 Å². The van der Waals surface area contributed by atoms with Crippen molar-refractivity contribution < 1.29 is 9.59 Å². The van der Waals surface area contributed by atoms with Crippen molar-refractivity contribution in [2.75, 3.05) is 5.32 Å². The van der Waals surface area contributed by atoms with Gasteiger partial charge >= 0.3 is 0 Å². The molecule has 0 bridgehead atoms. The van der Waals surface area contributed by atoms with E-state index in [0.717, 1.165) is 15.7 Å². The number of aryl methyl sites for hydroxylation is 1. The molecule has 4 heteroatoms. The fourth-order valence-corrected chi connectivity index (χ4v) is 2.45. The highest BCUT2D eigenvalue weighted by Crippen LogP contribution is 2.20. The highest BCUT2D eigenvalue weighted by Gasteiger charge is 2.10. The van der Waals surface area contributed by atoms with E-state index >= 15 is 0 Å². The third-order valence-electron chi connectivity index (χ3n) is 3.14. The van der Waals surface area contributed by atoms with Gasteiger partial charge in [0.1, 0.15) is 0 Å². The first-order valence-corrected chi connectivity index (χ1v) is 7.50. The monoisotopic (exact) mass is 345 g/mol. The summed E-state index contributed by atoms with van der Waals surface area (Å²) < 4.78 is 0.970. The number of hydrogen-bond donors (Lipinski definition) is 1. The molecule has 0 aliphatic rings. The van der Waals surface area contributed by atoms with Crippen LogP contribution in [0.4, 0.5) is 5.69 Å². The van der Waals surface area contributed by atoms with Gasteiger partial charge in [0.15, 0.2) is 5.78 Å². The predicted molar refractivity (Wildman–Crippen MR) is 87.5 cm³/mol. The number of amides is 1. The summed E-state index contributed by atoms with van der Waals surface area (Å²) in [5.41, 5.74) is 2.40. The molecule has 0 aliphatic carbocycles. The quantitative estimate of drug-likeness (QED) is 0.818. The van der Waals surface area contributed by atoms with Gasteiger partial charge in [0.05, 0.1) is 0 Å². The highest BCUT2D eigenvalue weighted by molar-refractivity contribution is 9.10. The number of hydrogen-bond acceptors (Lipinski definition) is 2. The van der Waals surface area contributed by atoms with Crippen molar-refractivity contribution in [1.29, 1.82) is 0 Å². The van der Waals surface area contributed by atoms with Gasteiger partial charge in [-0.05, 0) is 30.7 Å². The molecule has 2 aromatic carbocycles. The Bertz CT molecular complexity index is 653. The van der Waals surface area contributed by atoms with Crippen LogP contribution in [0.2, 0.25) is 0 Å². The standard InChI is InChI=1S/C17H16BrNO2/c1-12-11-14(18)7-8-15(12)19-17(21)10-9-16(20)13-5-3-2-4-6-13/h2-8,11H,9-10H2,1H3,(H,19,21). The Morgan fingerprint density at radius 2 is 1.76 bits per heavy atom. The summed E-state index contributed by atoms with van der Waals surface area (Å²) in [6, 6.07) is 14.7.